The highest BCUT2D eigenvalue weighted by Gasteiger charge is 2.39. The van der Waals surface area contributed by atoms with Gasteiger partial charge in [-0.15, -0.1) is 0 Å². The average Bonchev–Trinajstić information content (AvgIpc) is 2.54. The number of nitrogens with one attached hydrogen (secondary N) is 1. The van der Waals surface area contributed by atoms with E-state index in [1.54, 1.807) is 0 Å². The second-order valence-electron chi connectivity index (χ2n) is 5.93. The fourth-order valence-electron chi connectivity index (χ4n) is 2.88. The molecule has 0 aliphatic carbocycles. The molecule has 0 aromatic carbocycles. The van der Waals surface area contributed by atoms with Crippen LogP contribution in [-0.4, -0.2) is 42.9 Å². The Morgan fingerprint density at radius 1 is 1.43 bits per heavy atom. The standard InChI is InChI=1S/C16H23ClN2O4/c1-10-12(11(2)19-14(22-3)13(10)17)8-18-9-16(15(20)21)4-6-23-7-5-16/h18H,4-9H2,1-3H3,(H,20,21). The fraction of sp³-hybridized carbons (Fsp3) is 0.625. The zero-order valence-corrected chi connectivity index (χ0v) is 14.5. The van der Waals surface area contributed by atoms with Gasteiger partial charge in [-0.25, -0.2) is 4.98 Å². The van der Waals surface area contributed by atoms with Gasteiger partial charge in [-0.1, -0.05) is 11.6 Å². The van der Waals surface area contributed by atoms with E-state index < -0.39 is 11.4 Å². The van der Waals surface area contributed by atoms with E-state index in [-0.39, 0.29) is 0 Å². The molecule has 0 saturated carbocycles. The predicted octanol–water partition coefficient (Wildman–Crippen LogP) is 2.33. The van der Waals surface area contributed by atoms with Gasteiger partial charge in [0.05, 0.1) is 12.5 Å². The number of carboxylic acids is 1. The van der Waals surface area contributed by atoms with E-state index in [9.17, 15) is 9.90 Å². The minimum atomic E-state index is -0.771. The average molecular weight is 343 g/mol. The van der Waals surface area contributed by atoms with Crippen molar-refractivity contribution in [3.63, 3.8) is 0 Å². The first-order chi connectivity index (χ1) is 10.9. The zero-order chi connectivity index (χ0) is 17.0. The molecular formula is C16H23ClN2O4. The minimum Gasteiger partial charge on any atom is -0.481 e. The van der Waals surface area contributed by atoms with Crippen LogP contribution in [0.4, 0.5) is 0 Å². The van der Waals surface area contributed by atoms with Gasteiger partial charge < -0.3 is 19.9 Å². The van der Waals surface area contributed by atoms with Crippen molar-refractivity contribution in [1.29, 1.82) is 0 Å². The molecule has 0 unspecified atom stereocenters. The second kappa shape index (κ2) is 7.47. The van der Waals surface area contributed by atoms with Gasteiger partial charge in [-0.2, -0.15) is 0 Å². The summed E-state index contributed by atoms with van der Waals surface area (Å²) in [6, 6.07) is 0. The van der Waals surface area contributed by atoms with Gasteiger partial charge in [-0.3, -0.25) is 4.79 Å². The predicted molar refractivity (Wildman–Crippen MR) is 87.1 cm³/mol. The van der Waals surface area contributed by atoms with E-state index >= 15 is 0 Å². The molecule has 0 radical (unpaired) electrons. The third-order valence-electron chi connectivity index (χ3n) is 4.54. The third-order valence-corrected chi connectivity index (χ3v) is 4.98. The highest BCUT2D eigenvalue weighted by atomic mass is 35.5. The highest BCUT2D eigenvalue weighted by Crippen LogP contribution is 2.32. The number of rotatable bonds is 6. The number of hydrogen-bond donors (Lipinski definition) is 2. The minimum absolute atomic E-state index is 0.397. The SMILES string of the molecule is COc1nc(C)c(CNCC2(C(=O)O)CCOCC2)c(C)c1Cl. The summed E-state index contributed by atoms with van der Waals surface area (Å²) in [4.78, 5) is 16.0. The molecule has 0 spiro atoms. The normalized spacial score (nSPS) is 17.0. The van der Waals surface area contributed by atoms with Crippen molar-refractivity contribution in [2.45, 2.75) is 33.2 Å². The second-order valence-corrected chi connectivity index (χ2v) is 6.30. The summed E-state index contributed by atoms with van der Waals surface area (Å²) in [7, 11) is 1.53. The van der Waals surface area contributed by atoms with Gasteiger partial charge >= 0.3 is 5.97 Å². The zero-order valence-electron chi connectivity index (χ0n) is 13.7. The molecule has 0 atom stereocenters. The largest absolute Gasteiger partial charge is 0.481 e. The number of aromatic nitrogens is 1. The smallest absolute Gasteiger partial charge is 0.311 e. The number of hydrogen-bond acceptors (Lipinski definition) is 5. The lowest BCUT2D eigenvalue weighted by atomic mass is 9.80. The van der Waals surface area contributed by atoms with E-state index in [0.717, 1.165) is 16.8 Å². The van der Waals surface area contributed by atoms with Gasteiger partial charge in [0.25, 0.3) is 0 Å². The Labute approximate surface area is 141 Å². The van der Waals surface area contributed by atoms with Gasteiger partial charge in [0.1, 0.15) is 5.02 Å². The summed E-state index contributed by atoms with van der Waals surface area (Å²) < 4.78 is 10.4. The molecule has 1 fully saturated rings. The van der Waals surface area contributed by atoms with Crippen molar-refractivity contribution >= 4 is 17.6 Å². The van der Waals surface area contributed by atoms with Gasteiger partial charge in [0.15, 0.2) is 0 Å². The monoisotopic (exact) mass is 342 g/mol. The Morgan fingerprint density at radius 2 is 2.09 bits per heavy atom. The van der Waals surface area contributed by atoms with Crippen molar-refractivity contribution in [3.8, 4) is 5.88 Å². The summed E-state index contributed by atoms with van der Waals surface area (Å²) in [6.45, 7) is 5.70. The van der Waals surface area contributed by atoms with E-state index in [0.29, 0.717) is 50.0 Å². The molecule has 1 aliphatic rings. The molecule has 1 aromatic heterocycles. The van der Waals surface area contributed by atoms with Crippen LogP contribution < -0.4 is 10.1 Å². The van der Waals surface area contributed by atoms with Gasteiger partial charge in [-0.05, 0) is 37.8 Å². The summed E-state index contributed by atoms with van der Waals surface area (Å²) in [5, 5.41) is 13.3. The molecule has 128 valence electrons. The maximum absolute atomic E-state index is 11.6. The number of pyridine rings is 1. The van der Waals surface area contributed by atoms with E-state index in [1.165, 1.54) is 7.11 Å². The number of halogens is 1. The van der Waals surface area contributed by atoms with E-state index in [1.807, 2.05) is 13.8 Å². The molecule has 2 rings (SSSR count). The molecule has 1 aliphatic heterocycles. The van der Waals surface area contributed by atoms with Crippen molar-refractivity contribution in [2.75, 3.05) is 26.9 Å². The Balaban J connectivity index is 2.09. The molecular weight excluding hydrogens is 320 g/mol. The molecule has 2 N–H and O–H groups in total. The summed E-state index contributed by atoms with van der Waals surface area (Å²) >= 11 is 6.25. The third kappa shape index (κ3) is 3.76. The van der Waals surface area contributed by atoms with Crippen molar-refractivity contribution in [3.05, 3.63) is 21.8 Å². The number of carboxylic acid groups (broad SMARTS) is 1. The molecule has 2 heterocycles. The number of aryl methyl sites for hydroxylation is 1. The topological polar surface area (TPSA) is 80.7 Å². The molecule has 0 bridgehead atoms. The summed E-state index contributed by atoms with van der Waals surface area (Å²) in [6.07, 6.45) is 1.05. The molecule has 23 heavy (non-hydrogen) atoms. The maximum atomic E-state index is 11.6. The van der Waals surface area contributed by atoms with Crippen LogP contribution in [0.3, 0.4) is 0 Å². The number of carbonyl (C=O) groups is 1. The van der Waals surface area contributed by atoms with Crippen LogP contribution in [-0.2, 0) is 16.1 Å². The quantitative estimate of drug-likeness (QED) is 0.826. The Morgan fingerprint density at radius 3 is 2.65 bits per heavy atom. The first-order valence-electron chi connectivity index (χ1n) is 7.62. The van der Waals surface area contributed by atoms with Crippen LogP contribution in [0.2, 0.25) is 5.02 Å². The van der Waals surface area contributed by atoms with Crippen LogP contribution in [0.15, 0.2) is 0 Å². The molecule has 6 nitrogen and oxygen atoms in total. The lowest BCUT2D eigenvalue weighted by Crippen LogP contribution is -2.45. The first kappa shape index (κ1) is 18.0. The van der Waals surface area contributed by atoms with Gasteiger partial charge in [0, 0.05) is 32.0 Å². The number of ether oxygens (including phenoxy) is 2. The van der Waals surface area contributed by atoms with Crippen LogP contribution in [0.25, 0.3) is 0 Å². The van der Waals surface area contributed by atoms with Crippen molar-refractivity contribution in [2.24, 2.45) is 5.41 Å². The Hall–Kier alpha value is -1.37. The van der Waals surface area contributed by atoms with Crippen molar-refractivity contribution < 1.29 is 19.4 Å². The lowest BCUT2D eigenvalue weighted by Gasteiger charge is -2.33. The van der Waals surface area contributed by atoms with E-state index in [2.05, 4.69) is 10.3 Å². The van der Waals surface area contributed by atoms with Crippen LogP contribution in [0.1, 0.15) is 29.7 Å². The van der Waals surface area contributed by atoms with Crippen LogP contribution in [0.5, 0.6) is 5.88 Å². The molecule has 7 heteroatoms. The lowest BCUT2D eigenvalue weighted by molar-refractivity contribution is -0.154. The molecule has 1 aromatic rings. The molecule has 1 saturated heterocycles. The Bertz CT molecular complexity index is 586. The number of aliphatic carboxylic acids is 1. The highest BCUT2D eigenvalue weighted by molar-refractivity contribution is 6.32. The fourth-order valence-corrected chi connectivity index (χ4v) is 3.12. The first-order valence-corrected chi connectivity index (χ1v) is 8.00. The summed E-state index contributed by atoms with van der Waals surface area (Å²) in [5.74, 6) is -0.357. The van der Waals surface area contributed by atoms with Crippen LogP contribution >= 0.6 is 11.6 Å². The Kier molecular flexibility index (Phi) is 5.84. The maximum Gasteiger partial charge on any atom is 0.311 e. The number of methoxy groups -OCH3 is 1. The van der Waals surface area contributed by atoms with Crippen LogP contribution in [0, 0.1) is 19.3 Å². The van der Waals surface area contributed by atoms with E-state index in [4.69, 9.17) is 21.1 Å². The molecule has 0 amide bonds. The number of nitrogens with zero attached hydrogens (tertiary/aromatic N) is 1. The van der Waals surface area contributed by atoms with Crippen molar-refractivity contribution in [1.82, 2.24) is 10.3 Å². The van der Waals surface area contributed by atoms with Gasteiger partial charge in [0.2, 0.25) is 5.88 Å². The summed E-state index contributed by atoms with van der Waals surface area (Å²) in [5.41, 5.74) is 1.94.